The van der Waals surface area contributed by atoms with E-state index < -0.39 is 0 Å². The Morgan fingerprint density at radius 1 is 1.25 bits per heavy atom. The average Bonchev–Trinajstić information content (AvgIpc) is 2.29. The fourth-order valence-electron chi connectivity index (χ4n) is 1.54. The highest BCUT2D eigenvalue weighted by Crippen LogP contribution is 2.33. The van der Waals surface area contributed by atoms with E-state index in [0.29, 0.717) is 0 Å². The van der Waals surface area contributed by atoms with Crippen molar-refractivity contribution in [3.8, 4) is 0 Å². The molecule has 1 aliphatic carbocycles. The highest BCUT2D eigenvalue weighted by molar-refractivity contribution is 9.11. The van der Waals surface area contributed by atoms with Crippen LogP contribution in [0.1, 0.15) is 18.1 Å². The van der Waals surface area contributed by atoms with E-state index in [2.05, 4.69) is 57.0 Å². The predicted molar refractivity (Wildman–Crippen MR) is 59.2 cm³/mol. The molecule has 0 saturated carbocycles. The molecule has 0 spiro atoms. The molecule has 0 heterocycles. The monoisotopic (exact) mass is 286 g/mol. The van der Waals surface area contributed by atoms with Crippen molar-refractivity contribution in [3.63, 3.8) is 0 Å². The largest absolute Gasteiger partial charge is 0.0683 e. The summed E-state index contributed by atoms with van der Waals surface area (Å²) in [7, 11) is 0. The van der Waals surface area contributed by atoms with Crippen LogP contribution in [0.15, 0.2) is 26.7 Å². The maximum Gasteiger partial charge on any atom is 0.0261 e. The zero-order valence-electron chi connectivity index (χ0n) is 6.70. The van der Waals surface area contributed by atoms with Gasteiger partial charge in [-0.25, -0.2) is 0 Å². The van der Waals surface area contributed by atoms with E-state index in [1.165, 1.54) is 21.2 Å². The Kier molecular flexibility index (Phi) is 2.13. The molecule has 0 aliphatic heterocycles. The van der Waals surface area contributed by atoms with Crippen LogP contribution in [-0.2, 0) is 6.42 Å². The molecular formula is C10H8Br2. The van der Waals surface area contributed by atoms with Crippen LogP contribution < -0.4 is 0 Å². The number of halogens is 2. The minimum atomic E-state index is 1.09. The molecule has 0 bridgehead atoms. The third-order valence-corrected chi connectivity index (χ3v) is 3.15. The van der Waals surface area contributed by atoms with Crippen LogP contribution in [0.4, 0.5) is 0 Å². The molecule has 2 heteroatoms. The number of allylic oxidation sites excluding steroid dienone is 1. The lowest BCUT2D eigenvalue weighted by Crippen LogP contribution is -1.83. The van der Waals surface area contributed by atoms with Gasteiger partial charge in [-0.3, -0.25) is 0 Å². The van der Waals surface area contributed by atoms with Crippen molar-refractivity contribution in [1.29, 1.82) is 0 Å². The van der Waals surface area contributed by atoms with Gasteiger partial charge >= 0.3 is 0 Å². The number of hydrogen-bond donors (Lipinski definition) is 0. The Balaban J connectivity index is 2.62. The summed E-state index contributed by atoms with van der Waals surface area (Å²) in [5.74, 6) is 0. The summed E-state index contributed by atoms with van der Waals surface area (Å²) in [5.41, 5.74) is 4.19. The van der Waals surface area contributed by atoms with Crippen LogP contribution in [0, 0.1) is 0 Å². The molecule has 0 atom stereocenters. The van der Waals surface area contributed by atoms with Crippen LogP contribution in [-0.4, -0.2) is 0 Å². The Bertz CT molecular complexity index is 364. The molecule has 0 nitrogen and oxygen atoms in total. The number of rotatable bonds is 0. The van der Waals surface area contributed by atoms with Gasteiger partial charge in [0.15, 0.2) is 0 Å². The van der Waals surface area contributed by atoms with Gasteiger partial charge in [0.2, 0.25) is 0 Å². The van der Waals surface area contributed by atoms with E-state index in [1.807, 2.05) is 0 Å². The standard InChI is InChI=1S/C10H8Br2/c1-6-2-7-4-8(11)5-10(12)9(7)3-6/h3-5H,2H2,1H3. The second-order valence-corrected chi connectivity index (χ2v) is 4.90. The summed E-state index contributed by atoms with van der Waals surface area (Å²) in [6.07, 6.45) is 3.33. The summed E-state index contributed by atoms with van der Waals surface area (Å²) < 4.78 is 2.33. The molecule has 0 N–H and O–H groups in total. The minimum Gasteiger partial charge on any atom is -0.0683 e. The van der Waals surface area contributed by atoms with Crippen LogP contribution in [0.5, 0.6) is 0 Å². The Morgan fingerprint density at radius 3 is 2.75 bits per heavy atom. The van der Waals surface area contributed by atoms with E-state index in [0.717, 1.165) is 10.9 Å². The van der Waals surface area contributed by atoms with E-state index in [9.17, 15) is 0 Å². The Morgan fingerprint density at radius 2 is 2.00 bits per heavy atom. The van der Waals surface area contributed by atoms with Gasteiger partial charge in [0.25, 0.3) is 0 Å². The molecular weight excluding hydrogens is 280 g/mol. The van der Waals surface area contributed by atoms with Crippen LogP contribution in [0.2, 0.25) is 0 Å². The van der Waals surface area contributed by atoms with Gasteiger partial charge in [0, 0.05) is 8.95 Å². The van der Waals surface area contributed by atoms with Gasteiger partial charge in [-0.2, -0.15) is 0 Å². The van der Waals surface area contributed by atoms with Crippen LogP contribution in [0.3, 0.4) is 0 Å². The molecule has 0 amide bonds. The SMILES string of the molecule is CC1=Cc2c(Br)cc(Br)cc2C1. The third-order valence-electron chi connectivity index (χ3n) is 2.04. The molecule has 1 aliphatic rings. The van der Waals surface area contributed by atoms with Crippen molar-refractivity contribution in [1.82, 2.24) is 0 Å². The Hall–Kier alpha value is -0.0800. The zero-order valence-corrected chi connectivity index (χ0v) is 9.87. The van der Waals surface area contributed by atoms with Crippen molar-refractivity contribution in [2.45, 2.75) is 13.3 Å². The molecule has 0 unspecified atom stereocenters. The number of benzene rings is 1. The lowest BCUT2D eigenvalue weighted by atomic mass is 10.1. The van der Waals surface area contributed by atoms with Gasteiger partial charge in [0.05, 0.1) is 0 Å². The highest BCUT2D eigenvalue weighted by Gasteiger charge is 2.12. The molecule has 12 heavy (non-hydrogen) atoms. The summed E-state index contributed by atoms with van der Waals surface area (Å²) in [6.45, 7) is 2.17. The van der Waals surface area contributed by atoms with Gasteiger partial charge in [-0.1, -0.05) is 43.5 Å². The van der Waals surface area contributed by atoms with E-state index in [4.69, 9.17) is 0 Å². The first-order chi connectivity index (χ1) is 5.66. The second-order valence-electron chi connectivity index (χ2n) is 3.13. The summed E-state index contributed by atoms with van der Waals surface area (Å²) in [5, 5.41) is 0. The highest BCUT2D eigenvalue weighted by atomic mass is 79.9. The normalized spacial score (nSPS) is 14.4. The van der Waals surface area contributed by atoms with Gasteiger partial charge in [-0.15, -0.1) is 0 Å². The van der Waals surface area contributed by atoms with E-state index in [-0.39, 0.29) is 0 Å². The van der Waals surface area contributed by atoms with Crippen molar-refractivity contribution >= 4 is 37.9 Å². The predicted octanol–water partition coefficient (Wildman–Crippen LogP) is 4.17. The topological polar surface area (TPSA) is 0 Å². The van der Waals surface area contributed by atoms with Crippen molar-refractivity contribution in [2.24, 2.45) is 0 Å². The van der Waals surface area contributed by atoms with Crippen LogP contribution in [0.25, 0.3) is 6.08 Å². The molecule has 62 valence electrons. The van der Waals surface area contributed by atoms with E-state index >= 15 is 0 Å². The average molecular weight is 288 g/mol. The number of fused-ring (bicyclic) bond motifs is 1. The van der Waals surface area contributed by atoms with Gasteiger partial charge in [-0.05, 0) is 36.6 Å². The van der Waals surface area contributed by atoms with Gasteiger partial charge < -0.3 is 0 Å². The number of hydrogen-bond acceptors (Lipinski definition) is 0. The lowest BCUT2D eigenvalue weighted by molar-refractivity contribution is 1.19. The molecule has 1 aromatic carbocycles. The molecule has 0 saturated heterocycles. The van der Waals surface area contributed by atoms with Crippen molar-refractivity contribution in [2.75, 3.05) is 0 Å². The summed E-state index contributed by atoms with van der Waals surface area (Å²) >= 11 is 7.03. The fraction of sp³-hybridized carbons (Fsp3) is 0.200. The maximum absolute atomic E-state index is 3.55. The second kappa shape index (κ2) is 3.00. The van der Waals surface area contributed by atoms with Crippen molar-refractivity contribution < 1.29 is 0 Å². The molecule has 2 rings (SSSR count). The first-order valence-electron chi connectivity index (χ1n) is 3.82. The molecule has 0 fully saturated rings. The zero-order chi connectivity index (χ0) is 8.72. The third kappa shape index (κ3) is 1.38. The fourth-order valence-corrected chi connectivity index (χ4v) is 2.97. The minimum absolute atomic E-state index is 1.09. The van der Waals surface area contributed by atoms with E-state index in [1.54, 1.807) is 0 Å². The maximum atomic E-state index is 3.55. The Labute approximate surface area is 88.9 Å². The molecule has 0 radical (unpaired) electrons. The smallest absolute Gasteiger partial charge is 0.0261 e. The van der Waals surface area contributed by atoms with Crippen molar-refractivity contribution in [3.05, 3.63) is 37.8 Å². The summed E-state index contributed by atoms with van der Waals surface area (Å²) in [6, 6.07) is 4.28. The summed E-state index contributed by atoms with van der Waals surface area (Å²) in [4.78, 5) is 0. The lowest BCUT2D eigenvalue weighted by Gasteiger charge is -2.01. The van der Waals surface area contributed by atoms with Crippen LogP contribution >= 0.6 is 31.9 Å². The quantitative estimate of drug-likeness (QED) is 0.672. The first-order valence-corrected chi connectivity index (χ1v) is 5.40. The molecule has 1 aromatic rings. The molecule has 0 aromatic heterocycles. The first kappa shape index (κ1) is 8.52. The van der Waals surface area contributed by atoms with Gasteiger partial charge in [0.1, 0.15) is 0 Å².